The van der Waals surface area contributed by atoms with E-state index in [9.17, 15) is 8.78 Å². The molecule has 1 aromatic rings. The molecule has 1 heterocycles. The van der Waals surface area contributed by atoms with Gasteiger partial charge in [0.1, 0.15) is 5.69 Å². The fourth-order valence-corrected chi connectivity index (χ4v) is 3.12. The van der Waals surface area contributed by atoms with Crippen LogP contribution in [-0.4, -0.2) is 4.98 Å². The SMILES string of the molecule is FC(F)c1nc(CBr)c(Br)cc1I. The van der Waals surface area contributed by atoms with E-state index in [-0.39, 0.29) is 5.69 Å². The summed E-state index contributed by atoms with van der Waals surface area (Å²) in [7, 11) is 0. The average Bonchev–Trinajstić information content (AvgIpc) is 2.03. The fourth-order valence-electron chi connectivity index (χ4n) is 0.767. The molecule has 0 aliphatic heterocycles. The third kappa shape index (κ3) is 2.82. The van der Waals surface area contributed by atoms with Crippen LogP contribution in [0.4, 0.5) is 8.78 Å². The quantitative estimate of drug-likeness (QED) is 0.508. The summed E-state index contributed by atoms with van der Waals surface area (Å²) in [5, 5.41) is 0.463. The minimum atomic E-state index is -2.52. The molecule has 13 heavy (non-hydrogen) atoms. The molecule has 0 aromatic carbocycles. The van der Waals surface area contributed by atoms with Crippen molar-refractivity contribution >= 4 is 54.5 Å². The van der Waals surface area contributed by atoms with Crippen molar-refractivity contribution in [1.82, 2.24) is 4.98 Å². The Morgan fingerprint density at radius 2 is 2.15 bits per heavy atom. The topological polar surface area (TPSA) is 12.9 Å². The molecule has 0 fully saturated rings. The lowest BCUT2D eigenvalue weighted by Crippen LogP contribution is -1.99. The number of hydrogen-bond donors (Lipinski definition) is 0. The Kier molecular flexibility index (Phi) is 4.50. The summed E-state index contributed by atoms with van der Waals surface area (Å²) in [5.74, 6) is 0. The zero-order valence-electron chi connectivity index (χ0n) is 6.20. The first kappa shape index (κ1) is 11.8. The Balaban J connectivity index is 3.22. The fraction of sp³-hybridized carbons (Fsp3) is 0.286. The molecular weight excluding hydrogens is 423 g/mol. The monoisotopic (exact) mass is 425 g/mol. The van der Waals surface area contributed by atoms with Crippen molar-refractivity contribution in [1.29, 1.82) is 0 Å². The maximum absolute atomic E-state index is 12.4. The Labute approximate surface area is 105 Å². The second kappa shape index (κ2) is 4.97. The van der Waals surface area contributed by atoms with Gasteiger partial charge >= 0.3 is 0 Å². The van der Waals surface area contributed by atoms with Crippen molar-refractivity contribution in [2.45, 2.75) is 11.8 Å². The van der Waals surface area contributed by atoms with Gasteiger partial charge in [0.15, 0.2) is 0 Å². The van der Waals surface area contributed by atoms with Crippen molar-refractivity contribution in [3.63, 3.8) is 0 Å². The number of rotatable bonds is 2. The summed E-state index contributed by atoms with van der Waals surface area (Å²) in [5.41, 5.74) is 0.439. The molecule has 0 aliphatic rings. The number of nitrogens with zero attached hydrogens (tertiary/aromatic N) is 1. The highest BCUT2D eigenvalue weighted by Crippen LogP contribution is 2.27. The van der Waals surface area contributed by atoms with Gasteiger partial charge in [-0.25, -0.2) is 13.8 Å². The molecule has 0 aliphatic carbocycles. The third-order valence-corrected chi connectivity index (χ3v) is 3.44. The van der Waals surface area contributed by atoms with Gasteiger partial charge in [-0.2, -0.15) is 0 Å². The van der Waals surface area contributed by atoms with Crippen molar-refractivity contribution in [2.24, 2.45) is 0 Å². The first-order chi connectivity index (χ1) is 6.06. The lowest BCUT2D eigenvalue weighted by Gasteiger charge is -2.06. The second-order valence-electron chi connectivity index (χ2n) is 2.22. The Morgan fingerprint density at radius 3 is 2.62 bits per heavy atom. The first-order valence-electron chi connectivity index (χ1n) is 3.25. The molecule has 0 unspecified atom stereocenters. The third-order valence-electron chi connectivity index (χ3n) is 1.36. The smallest absolute Gasteiger partial charge is 0.249 e. The van der Waals surface area contributed by atoms with Gasteiger partial charge in [0.05, 0.1) is 5.69 Å². The molecule has 0 N–H and O–H groups in total. The van der Waals surface area contributed by atoms with E-state index in [0.717, 1.165) is 4.47 Å². The molecule has 6 heteroatoms. The van der Waals surface area contributed by atoms with Crippen LogP contribution >= 0.6 is 54.5 Å². The minimum Gasteiger partial charge on any atom is -0.249 e. The van der Waals surface area contributed by atoms with E-state index in [2.05, 4.69) is 36.8 Å². The Hall–Kier alpha value is 0.700. The summed E-state index contributed by atoms with van der Waals surface area (Å²) in [6.07, 6.45) is -2.52. The van der Waals surface area contributed by atoms with Gasteiger partial charge in [0, 0.05) is 13.4 Å². The van der Waals surface area contributed by atoms with Crippen molar-refractivity contribution < 1.29 is 8.78 Å². The lowest BCUT2D eigenvalue weighted by atomic mass is 10.3. The van der Waals surface area contributed by atoms with Crippen LogP contribution in [0.15, 0.2) is 10.5 Å². The standard InChI is InChI=1S/C7H4Br2F2IN/c8-2-5-3(9)1-4(12)6(13-5)7(10)11/h1,7H,2H2. The van der Waals surface area contributed by atoms with Crippen molar-refractivity contribution in [3.8, 4) is 0 Å². The van der Waals surface area contributed by atoms with Gasteiger partial charge in [-0.1, -0.05) is 15.9 Å². The Bertz CT molecular complexity index is 320. The molecule has 0 saturated heterocycles. The predicted molar refractivity (Wildman–Crippen MR) is 62.2 cm³/mol. The second-order valence-corrected chi connectivity index (χ2v) is 4.80. The van der Waals surface area contributed by atoms with Gasteiger partial charge in [-0.3, -0.25) is 0 Å². The van der Waals surface area contributed by atoms with Crippen LogP contribution in [0.3, 0.4) is 0 Å². The summed E-state index contributed by atoms with van der Waals surface area (Å²) in [6.45, 7) is 0. The van der Waals surface area contributed by atoms with E-state index in [1.165, 1.54) is 0 Å². The van der Waals surface area contributed by atoms with E-state index in [0.29, 0.717) is 14.6 Å². The maximum atomic E-state index is 12.4. The molecule has 1 nitrogen and oxygen atoms in total. The average molecular weight is 427 g/mol. The van der Waals surface area contributed by atoms with Crippen LogP contribution in [0, 0.1) is 3.57 Å². The highest BCUT2D eigenvalue weighted by Gasteiger charge is 2.15. The first-order valence-corrected chi connectivity index (χ1v) is 6.24. The normalized spacial score (nSPS) is 10.9. The number of hydrogen-bond acceptors (Lipinski definition) is 1. The number of alkyl halides is 3. The predicted octanol–water partition coefficient (Wildman–Crippen LogP) is 4.28. The molecule has 0 radical (unpaired) electrons. The molecular formula is C7H4Br2F2IN. The molecule has 72 valence electrons. The van der Waals surface area contributed by atoms with Gasteiger partial charge in [0.2, 0.25) is 0 Å². The zero-order chi connectivity index (χ0) is 10.0. The minimum absolute atomic E-state index is 0.154. The van der Waals surface area contributed by atoms with Crippen LogP contribution < -0.4 is 0 Å². The van der Waals surface area contributed by atoms with Crippen LogP contribution in [0.5, 0.6) is 0 Å². The highest BCUT2D eigenvalue weighted by atomic mass is 127. The zero-order valence-corrected chi connectivity index (χ0v) is 11.5. The maximum Gasteiger partial charge on any atom is 0.281 e. The molecule has 0 bridgehead atoms. The number of pyridine rings is 1. The number of aromatic nitrogens is 1. The molecule has 1 rings (SSSR count). The Morgan fingerprint density at radius 1 is 1.54 bits per heavy atom. The van der Waals surface area contributed by atoms with Gasteiger partial charge in [-0.15, -0.1) is 0 Å². The summed E-state index contributed by atoms with van der Waals surface area (Å²) >= 11 is 8.27. The van der Waals surface area contributed by atoms with Gasteiger partial charge in [0.25, 0.3) is 6.43 Å². The largest absolute Gasteiger partial charge is 0.281 e. The molecule has 0 amide bonds. The summed E-state index contributed by atoms with van der Waals surface area (Å²) < 4.78 is 26.0. The molecule has 1 aromatic heterocycles. The van der Waals surface area contributed by atoms with E-state index < -0.39 is 6.43 Å². The molecule has 0 atom stereocenters. The molecule has 0 saturated carbocycles. The van der Waals surface area contributed by atoms with Gasteiger partial charge in [-0.05, 0) is 44.6 Å². The van der Waals surface area contributed by atoms with E-state index >= 15 is 0 Å². The van der Waals surface area contributed by atoms with E-state index in [1.54, 1.807) is 6.07 Å². The summed E-state index contributed by atoms with van der Waals surface area (Å²) in [4.78, 5) is 3.84. The van der Waals surface area contributed by atoms with Crippen LogP contribution in [0.2, 0.25) is 0 Å². The van der Waals surface area contributed by atoms with Crippen molar-refractivity contribution in [2.75, 3.05) is 0 Å². The van der Waals surface area contributed by atoms with E-state index in [4.69, 9.17) is 0 Å². The number of halogens is 5. The highest BCUT2D eigenvalue weighted by molar-refractivity contribution is 14.1. The summed E-state index contributed by atoms with van der Waals surface area (Å²) in [6, 6.07) is 1.64. The molecule has 0 spiro atoms. The van der Waals surface area contributed by atoms with Crippen LogP contribution in [0.25, 0.3) is 0 Å². The van der Waals surface area contributed by atoms with Crippen LogP contribution in [0.1, 0.15) is 17.8 Å². The van der Waals surface area contributed by atoms with E-state index in [1.807, 2.05) is 22.6 Å². The lowest BCUT2D eigenvalue weighted by molar-refractivity contribution is 0.145. The van der Waals surface area contributed by atoms with Crippen molar-refractivity contribution in [3.05, 3.63) is 25.5 Å². The van der Waals surface area contributed by atoms with Crippen LogP contribution in [-0.2, 0) is 5.33 Å². The van der Waals surface area contributed by atoms with Gasteiger partial charge < -0.3 is 0 Å².